The lowest BCUT2D eigenvalue weighted by Gasteiger charge is -2.24. The Labute approximate surface area is 169 Å². The Balaban J connectivity index is 1.55. The third-order valence-corrected chi connectivity index (χ3v) is 5.60. The van der Waals surface area contributed by atoms with Gasteiger partial charge in [0.1, 0.15) is 0 Å². The van der Waals surface area contributed by atoms with Crippen molar-refractivity contribution < 1.29 is 0 Å². The SMILES string of the molecule is CN=C(NCCN(C)C1CCCC1)NCc1ccccc1-n1nc(C)cc1C. The fourth-order valence-electron chi connectivity index (χ4n) is 4.02. The molecule has 0 saturated heterocycles. The zero-order valence-corrected chi connectivity index (χ0v) is 17.7. The summed E-state index contributed by atoms with van der Waals surface area (Å²) in [7, 11) is 4.06. The summed E-state index contributed by atoms with van der Waals surface area (Å²) in [6.07, 6.45) is 5.43. The number of para-hydroxylation sites is 1. The first-order chi connectivity index (χ1) is 13.6. The summed E-state index contributed by atoms with van der Waals surface area (Å²) < 4.78 is 2.01. The molecule has 0 atom stereocenters. The van der Waals surface area contributed by atoms with Crippen LogP contribution < -0.4 is 10.6 Å². The third-order valence-electron chi connectivity index (χ3n) is 5.60. The minimum Gasteiger partial charge on any atom is -0.355 e. The lowest BCUT2D eigenvalue weighted by Crippen LogP contribution is -2.42. The van der Waals surface area contributed by atoms with Crippen LogP contribution in [0.25, 0.3) is 5.69 Å². The Hall–Kier alpha value is -2.34. The van der Waals surface area contributed by atoms with E-state index >= 15 is 0 Å². The van der Waals surface area contributed by atoms with Gasteiger partial charge in [-0.3, -0.25) is 4.99 Å². The van der Waals surface area contributed by atoms with Crippen molar-refractivity contribution in [2.45, 2.75) is 52.1 Å². The summed E-state index contributed by atoms with van der Waals surface area (Å²) in [6, 6.07) is 11.2. The van der Waals surface area contributed by atoms with Gasteiger partial charge in [-0.2, -0.15) is 5.10 Å². The second-order valence-electron chi connectivity index (χ2n) is 7.74. The molecule has 0 amide bonds. The van der Waals surface area contributed by atoms with Crippen LogP contribution >= 0.6 is 0 Å². The number of aromatic nitrogens is 2. The molecule has 2 N–H and O–H groups in total. The summed E-state index contributed by atoms with van der Waals surface area (Å²) in [5, 5.41) is 11.5. The number of aliphatic imine (C=N–C) groups is 1. The van der Waals surface area contributed by atoms with Crippen LogP contribution in [-0.2, 0) is 6.54 Å². The van der Waals surface area contributed by atoms with E-state index in [1.54, 1.807) is 0 Å². The molecular weight excluding hydrogens is 348 g/mol. The van der Waals surface area contributed by atoms with E-state index < -0.39 is 0 Å². The van der Waals surface area contributed by atoms with E-state index in [0.717, 1.165) is 42.2 Å². The highest BCUT2D eigenvalue weighted by atomic mass is 15.3. The van der Waals surface area contributed by atoms with Gasteiger partial charge in [0.15, 0.2) is 5.96 Å². The van der Waals surface area contributed by atoms with Crippen molar-refractivity contribution in [2.24, 2.45) is 4.99 Å². The molecule has 1 aromatic heterocycles. The Morgan fingerprint density at radius 2 is 1.96 bits per heavy atom. The van der Waals surface area contributed by atoms with Crippen molar-refractivity contribution in [3.05, 3.63) is 47.3 Å². The highest BCUT2D eigenvalue weighted by Gasteiger charge is 2.18. The first-order valence-electron chi connectivity index (χ1n) is 10.3. The second kappa shape index (κ2) is 9.73. The van der Waals surface area contributed by atoms with Crippen LogP contribution in [0.5, 0.6) is 0 Å². The Kier molecular flexibility index (Phi) is 7.09. The summed E-state index contributed by atoms with van der Waals surface area (Å²) in [6.45, 7) is 6.75. The number of hydrogen-bond acceptors (Lipinski definition) is 3. The molecule has 3 rings (SSSR count). The lowest BCUT2D eigenvalue weighted by atomic mass is 10.1. The van der Waals surface area contributed by atoms with Crippen LogP contribution in [0.4, 0.5) is 0 Å². The van der Waals surface area contributed by atoms with Crippen molar-refractivity contribution in [2.75, 3.05) is 27.2 Å². The van der Waals surface area contributed by atoms with Crippen molar-refractivity contribution in [3.63, 3.8) is 0 Å². The smallest absolute Gasteiger partial charge is 0.191 e. The molecule has 1 saturated carbocycles. The second-order valence-corrected chi connectivity index (χ2v) is 7.74. The number of benzene rings is 1. The highest BCUT2D eigenvalue weighted by Crippen LogP contribution is 2.21. The average Bonchev–Trinajstić information content (AvgIpc) is 3.34. The largest absolute Gasteiger partial charge is 0.355 e. The molecule has 0 aliphatic heterocycles. The van der Waals surface area contributed by atoms with Crippen LogP contribution in [0.15, 0.2) is 35.3 Å². The standard InChI is InChI=1S/C22H34N6/c1-17-15-18(2)28(26-17)21-12-8-5-9-19(21)16-25-22(23-3)24-13-14-27(4)20-10-6-7-11-20/h5,8-9,12,15,20H,6-7,10-11,13-14,16H2,1-4H3,(H2,23,24,25). The quantitative estimate of drug-likeness (QED) is 0.571. The van der Waals surface area contributed by atoms with Crippen LogP contribution in [0.2, 0.25) is 0 Å². The van der Waals surface area contributed by atoms with E-state index in [0.29, 0.717) is 6.54 Å². The molecule has 1 aliphatic rings. The molecule has 2 aromatic rings. The van der Waals surface area contributed by atoms with Crippen LogP contribution in [0.3, 0.4) is 0 Å². The molecule has 1 heterocycles. The van der Waals surface area contributed by atoms with E-state index in [4.69, 9.17) is 0 Å². The van der Waals surface area contributed by atoms with E-state index in [-0.39, 0.29) is 0 Å². The number of nitrogens with one attached hydrogen (secondary N) is 2. The van der Waals surface area contributed by atoms with Gasteiger partial charge < -0.3 is 15.5 Å². The molecule has 28 heavy (non-hydrogen) atoms. The number of rotatable bonds is 7. The first kappa shape index (κ1) is 20.4. The molecule has 0 radical (unpaired) electrons. The number of guanidine groups is 1. The maximum Gasteiger partial charge on any atom is 0.191 e. The molecule has 6 heteroatoms. The number of nitrogens with zero attached hydrogens (tertiary/aromatic N) is 4. The first-order valence-corrected chi connectivity index (χ1v) is 10.3. The fraction of sp³-hybridized carbons (Fsp3) is 0.545. The van der Waals surface area contributed by atoms with Gasteiger partial charge in [0, 0.05) is 38.4 Å². The lowest BCUT2D eigenvalue weighted by molar-refractivity contribution is 0.249. The Bertz CT molecular complexity index is 788. The molecule has 0 bridgehead atoms. The summed E-state index contributed by atoms with van der Waals surface area (Å²) in [4.78, 5) is 6.85. The topological polar surface area (TPSA) is 57.5 Å². The summed E-state index contributed by atoms with van der Waals surface area (Å²) >= 11 is 0. The maximum absolute atomic E-state index is 4.63. The van der Waals surface area contributed by atoms with Gasteiger partial charge >= 0.3 is 0 Å². The van der Waals surface area contributed by atoms with E-state index in [2.05, 4.69) is 69.9 Å². The van der Waals surface area contributed by atoms with Gasteiger partial charge in [-0.05, 0) is 51.4 Å². The van der Waals surface area contributed by atoms with E-state index in [1.807, 2.05) is 18.7 Å². The Morgan fingerprint density at radius 1 is 1.21 bits per heavy atom. The van der Waals surface area contributed by atoms with Crippen LogP contribution in [0.1, 0.15) is 42.6 Å². The van der Waals surface area contributed by atoms with Gasteiger partial charge in [0.25, 0.3) is 0 Å². The number of hydrogen-bond donors (Lipinski definition) is 2. The highest BCUT2D eigenvalue weighted by molar-refractivity contribution is 5.79. The fourth-order valence-corrected chi connectivity index (χ4v) is 4.02. The maximum atomic E-state index is 4.63. The van der Waals surface area contributed by atoms with Gasteiger partial charge in [0.05, 0.1) is 11.4 Å². The predicted molar refractivity (Wildman–Crippen MR) is 116 cm³/mol. The van der Waals surface area contributed by atoms with E-state index in [9.17, 15) is 0 Å². The normalized spacial score (nSPS) is 15.4. The molecule has 0 spiro atoms. The average molecular weight is 383 g/mol. The number of likely N-dealkylation sites (N-methyl/N-ethyl adjacent to an activating group) is 1. The minimum atomic E-state index is 0.701. The van der Waals surface area contributed by atoms with Crippen LogP contribution in [0, 0.1) is 13.8 Å². The van der Waals surface area contributed by atoms with Gasteiger partial charge in [-0.15, -0.1) is 0 Å². The van der Waals surface area contributed by atoms with Gasteiger partial charge in [0.2, 0.25) is 0 Å². The molecule has 0 unspecified atom stereocenters. The van der Waals surface area contributed by atoms with Crippen molar-refractivity contribution >= 4 is 5.96 Å². The minimum absolute atomic E-state index is 0.701. The van der Waals surface area contributed by atoms with Crippen molar-refractivity contribution in [3.8, 4) is 5.69 Å². The zero-order chi connectivity index (χ0) is 19.9. The molecule has 6 nitrogen and oxygen atoms in total. The molecule has 1 aliphatic carbocycles. The predicted octanol–water partition coefficient (Wildman–Crippen LogP) is 3.03. The van der Waals surface area contributed by atoms with Crippen molar-refractivity contribution in [1.29, 1.82) is 0 Å². The molecular formula is C22H34N6. The van der Waals surface area contributed by atoms with Crippen molar-refractivity contribution in [1.82, 2.24) is 25.3 Å². The van der Waals surface area contributed by atoms with Crippen LogP contribution in [-0.4, -0.2) is 53.9 Å². The zero-order valence-electron chi connectivity index (χ0n) is 17.7. The van der Waals surface area contributed by atoms with E-state index in [1.165, 1.54) is 31.2 Å². The molecule has 1 fully saturated rings. The van der Waals surface area contributed by atoms with Gasteiger partial charge in [-0.25, -0.2) is 4.68 Å². The number of aryl methyl sites for hydroxylation is 2. The molecule has 1 aromatic carbocycles. The van der Waals surface area contributed by atoms with Gasteiger partial charge in [-0.1, -0.05) is 31.0 Å². The third kappa shape index (κ3) is 5.13. The summed E-state index contributed by atoms with van der Waals surface area (Å²) in [5.74, 6) is 0.836. The monoisotopic (exact) mass is 382 g/mol. The Morgan fingerprint density at radius 3 is 2.64 bits per heavy atom. The molecule has 152 valence electrons. The summed E-state index contributed by atoms with van der Waals surface area (Å²) in [5.41, 5.74) is 4.48.